The van der Waals surface area contributed by atoms with E-state index in [2.05, 4.69) is 10.3 Å². The minimum Gasteiger partial charge on any atom is -0.497 e. The molecule has 0 radical (unpaired) electrons. The first-order chi connectivity index (χ1) is 9.22. The van der Waals surface area contributed by atoms with E-state index in [0.717, 1.165) is 28.3 Å². The van der Waals surface area contributed by atoms with Crippen molar-refractivity contribution in [2.75, 3.05) is 12.4 Å². The number of hydrogen-bond acceptors (Lipinski definition) is 4. The molecule has 1 aromatic heterocycles. The Morgan fingerprint density at radius 2 is 2.00 bits per heavy atom. The lowest BCUT2D eigenvalue weighted by molar-refractivity contribution is 0.281. The van der Waals surface area contributed by atoms with Gasteiger partial charge >= 0.3 is 0 Å². The van der Waals surface area contributed by atoms with Gasteiger partial charge in [0, 0.05) is 12.7 Å². The molecule has 2 rings (SSSR count). The summed E-state index contributed by atoms with van der Waals surface area (Å²) in [6.45, 7) is 2.66. The molecule has 19 heavy (non-hydrogen) atoms. The summed E-state index contributed by atoms with van der Waals surface area (Å²) in [6.07, 6.45) is 1.77. The SMILES string of the molecule is COc1ccc(CNc2cc(CO)c(C)cn2)cc1. The van der Waals surface area contributed by atoms with Crippen molar-refractivity contribution in [1.82, 2.24) is 4.98 Å². The van der Waals surface area contributed by atoms with Crippen LogP contribution in [0.15, 0.2) is 36.5 Å². The van der Waals surface area contributed by atoms with Crippen LogP contribution in [-0.2, 0) is 13.2 Å². The second-order valence-corrected chi connectivity index (χ2v) is 4.36. The number of benzene rings is 1. The first-order valence-corrected chi connectivity index (χ1v) is 6.16. The Hall–Kier alpha value is -2.07. The Labute approximate surface area is 113 Å². The fourth-order valence-corrected chi connectivity index (χ4v) is 1.77. The summed E-state index contributed by atoms with van der Waals surface area (Å²) in [4.78, 5) is 4.29. The van der Waals surface area contributed by atoms with Crippen molar-refractivity contribution in [1.29, 1.82) is 0 Å². The van der Waals surface area contributed by atoms with Gasteiger partial charge in [0.15, 0.2) is 0 Å². The van der Waals surface area contributed by atoms with Gasteiger partial charge in [0.05, 0.1) is 13.7 Å². The molecule has 1 heterocycles. The summed E-state index contributed by atoms with van der Waals surface area (Å²) >= 11 is 0. The van der Waals surface area contributed by atoms with Crippen LogP contribution in [-0.4, -0.2) is 17.2 Å². The summed E-state index contributed by atoms with van der Waals surface area (Å²) in [7, 11) is 1.65. The number of nitrogens with zero attached hydrogens (tertiary/aromatic N) is 1. The highest BCUT2D eigenvalue weighted by Gasteiger charge is 2.01. The predicted octanol–water partition coefficient (Wildman–Crippen LogP) is 2.50. The number of rotatable bonds is 5. The van der Waals surface area contributed by atoms with Crippen molar-refractivity contribution < 1.29 is 9.84 Å². The van der Waals surface area contributed by atoms with Gasteiger partial charge in [-0.25, -0.2) is 4.98 Å². The Balaban J connectivity index is 2.01. The third kappa shape index (κ3) is 3.45. The molecule has 1 aromatic carbocycles. The molecule has 0 bridgehead atoms. The van der Waals surface area contributed by atoms with E-state index in [1.54, 1.807) is 13.3 Å². The van der Waals surface area contributed by atoms with Gasteiger partial charge in [0.2, 0.25) is 0 Å². The number of aromatic nitrogens is 1. The summed E-state index contributed by atoms with van der Waals surface area (Å²) in [6, 6.07) is 9.75. The van der Waals surface area contributed by atoms with Gasteiger partial charge in [-0.15, -0.1) is 0 Å². The molecule has 0 aliphatic rings. The molecule has 0 spiro atoms. The lowest BCUT2D eigenvalue weighted by atomic mass is 10.1. The third-order valence-corrected chi connectivity index (χ3v) is 3.02. The molecule has 4 heteroatoms. The van der Waals surface area contributed by atoms with E-state index in [9.17, 15) is 5.11 Å². The zero-order valence-electron chi connectivity index (χ0n) is 11.2. The molecule has 0 saturated heterocycles. The van der Waals surface area contributed by atoms with Crippen molar-refractivity contribution in [3.63, 3.8) is 0 Å². The van der Waals surface area contributed by atoms with Gasteiger partial charge in [0.1, 0.15) is 11.6 Å². The molecular weight excluding hydrogens is 240 g/mol. The molecule has 2 aromatic rings. The van der Waals surface area contributed by atoms with Crippen molar-refractivity contribution in [2.24, 2.45) is 0 Å². The summed E-state index contributed by atoms with van der Waals surface area (Å²) < 4.78 is 5.11. The maximum atomic E-state index is 9.22. The summed E-state index contributed by atoms with van der Waals surface area (Å²) in [5.41, 5.74) is 3.04. The van der Waals surface area contributed by atoms with Crippen LogP contribution in [0, 0.1) is 6.92 Å². The molecular formula is C15H18N2O2. The number of aliphatic hydroxyl groups is 1. The highest BCUT2D eigenvalue weighted by molar-refractivity contribution is 5.41. The van der Waals surface area contributed by atoms with E-state index in [-0.39, 0.29) is 6.61 Å². The van der Waals surface area contributed by atoms with Crippen LogP contribution in [0.25, 0.3) is 0 Å². The molecule has 0 unspecified atom stereocenters. The maximum Gasteiger partial charge on any atom is 0.126 e. The topological polar surface area (TPSA) is 54.4 Å². The number of aryl methyl sites for hydroxylation is 1. The second-order valence-electron chi connectivity index (χ2n) is 4.36. The lowest BCUT2D eigenvalue weighted by Crippen LogP contribution is -2.03. The van der Waals surface area contributed by atoms with E-state index in [0.29, 0.717) is 6.54 Å². The summed E-state index contributed by atoms with van der Waals surface area (Å²) in [5, 5.41) is 12.5. The number of hydrogen-bond donors (Lipinski definition) is 2. The van der Waals surface area contributed by atoms with Crippen molar-refractivity contribution in [3.8, 4) is 5.75 Å². The molecule has 0 aliphatic carbocycles. The third-order valence-electron chi connectivity index (χ3n) is 3.02. The number of methoxy groups -OCH3 is 1. The van der Waals surface area contributed by atoms with Crippen LogP contribution in [0.3, 0.4) is 0 Å². The van der Waals surface area contributed by atoms with Gasteiger partial charge in [-0.2, -0.15) is 0 Å². The van der Waals surface area contributed by atoms with Crippen LogP contribution >= 0.6 is 0 Å². The number of ether oxygens (including phenoxy) is 1. The van der Waals surface area contributed by atoms with E-state index in [1.165, 1.54) is 0 Å². The fraction of sp³-hybridized carbons (Fsp3) is 0.267. The van der Waals surface area contributed by atoms with E-state index in [1.807, 2.05) is 37.3 Å². The molecule has 0 saturated carbocycles. The van der Waals surface area contributed by atoms with Crippen LogP contribution in [0.1, 0.15) is 16.7 Å². The van der Waals surface area contributed by atoms with Gasteiger partial charge in [-0.3, -0.25) is 0 Å². The number of anilines is 1. The van der Waals surface area contributed by atoms with E-state index >= 15 is 0 Å². The average Bonchev–Trinajstić information content (AvgIpc) is 2.47. The highest BCUT2D eigenvalue weighted by Crippen LogP contribution is 2.15. The predicted molar refractivity (Wildman–Crippen MR) is 75.2 cm³/mol. The number of nitrogens with one attached hydrogen (secondary N) is 1. The van der Waals surface area contributed by atoms with E-state index < -0.39 is 0 Å². The summed E-state index contributed by atoms with van der Waals surface area (Å²) in [5.74, 6) is 1.62. The van der Waals surface area contributed by atoms with Gasteiger partial charge in [-0.05, 0) is 41.8 Å². The minimum absolute atomic E-state index is 0.0333. The zero-order valence-corrected chi connectivity index (χ0v) is 11.2. The molecule has 100 valence electrons. The Morgan fingerprint density at radius 1 is 1.26 bits per heavy atom. The van der Waals surface area contributed by atoms with Crippen LogP contribution in [0.5, 0.6) is 5.75 Å². The molecule has 0 aliphatic heterocycles. The molecule has 0 atom stereocenters. The first-order valence-electron chi connectivity index (χ1n) is 6.16. The standard InChI is InChI=1S/C15H18N2O2/c1-11-8-16-15(7-13(11)10-18)17-9-12-3-5-14(19-2)6-4-12/h3-8,18H,9-10H2,1-2H3,(H,16,17). The molecule has 0 amide bonds. The molecule has 0 fully saturated rings. The van der Waals surface area contributed by atoms with Crippen molar-refractivity contribution >= 4 is 5.82 Å². The number of aliphatic hydroxyl groups excluding tert-OH is 1. The normalized spacial score (nSPS) is 10.3. The van der Waals surface area contributed by atoms with Crippen LogP contribution in [0.2, 0.25) is 0 Å². The average molecular weight is 258 g/mol. The fourth-order valence-electron chi connectivity index (χ4n) is 1.77. The second kappa shape index (κ2) is 6.20. The largest absolute Gasteiger partial charge is 0.497 e. The maximum absolute atomic E-state index is 9.22. The lowest BCUT2D eigenvalue weighted by Gasteiger charge is -2.09. The molecule has 2 N–H and O–H groups in total. The smallest absolute Gasteiger partial charge is 0.126 e. The monoisotopic (exact) mass is 258 g/mol. The zero-order chi connectivity index (χ0) is 13.7. The van der Waals surface area contributed by atoms with Crippen molar-refractivity contribution in [3.05, 3.63) is 53.2 Å². The van der Waals surface area contributed by atoms with Gasteiger partial charge < -0.3 is 15.2 Å². The Morgan fingerprint density at radius 3 is 2.63 bits per heavy atom. The first kappa shape index (κ1) is 13.4. The van der Waals surface area contributed by atoms with Gasteiger partial charge in [0.25, 0.3) is 0 Å². The Bertz CT molecular complexity index is 538. The van der Waals surface area contributed by atoms with Crippen LogP contribution in [0.4, 0.5) is 5.82 Å². The van der Waals surface area contributed by atoms with Crippen LogP contribution < -0.4 is 10.1 Å². The van der Waals surface area contributed by atoms with Gasteiger partial charge in [-0.1, -0.05) is 12.1 Å². The quantitative estimate of drug-likeness (QED) is 0.865. The molecule has 4 nitrogen and oxygen atoms in total. The number of pyridine rings is 1. The highest BCUT2D eigenvalue weighted by atomic mass is 16.5. The Kier molecular flexibility index (Phi) is 4.36. The minimum atomic E-state index is 0.0333. The van der Waals surface area contributed by atoms with E-state index in [4.69, 9.17) is 4.74 Å². The van der Waals surface area contributed by atoms with Crippen molar-refractivity contribution in [2.45, 2.75) is 20.1 Å².